The number of thiazole rings is 1. The number of morpholine rings is 1. The molecule has 0 atom stereocenters. The highest BCUT2D eigenvalue weighted by Crippen LogP contribution is 2.15. The van der Waals surface area contributed by atoms with E-state index in [1.54, 1.807) is 23.3 Å². The molecule has 3 rings (SSSR count). The molecule has 1 aromatic carbocycles. The lowest BCUT2D eigenvalue weighted by molar-refractivity contribution is -0.130. The van der Waals surface area contributed by atoms with Crippen molar-refractivity contribution in [1.82, 2.24) is 14.8 Å². The van der Waals surface area contributed by atoms with E-state index in [2.05, 4.69) is 9.88 Å². The van der Waals surface area contributed by atoms with E-state index in [-0.39, 0.29) is 11.7 Å². The number of benzene rings is 1. The predicted octanol–water partition coefficient (Wildman–Crippen LogP) is 2.99. The summed E-state index contributed by atoms with van der Waals surface area (Å²) in [5.41, 5.74) is 1.63. The van der Waals surface area contributed by atoms with Crippen molar-refractivity contribution < 1.29 is 14.3 Å². The van der Waals surface area contributed by atoms with Crippen LogP contribution in [-0.2, 0) is 22.6 Å². The van der Waals surface area contributed by atoms with Gasteiger partial charge in [-0.3, -0.25) is 14.5 Å². The molecule has 1 saturated heterocycles. The van der Waals surface area contributed by atoms with Crippen LogP contribution in [0.4, 0.5) is 0 Å². The van der Waals surface area contributed by atoms with Gasteiger partial charge in [0, 0.05) is 43.9 Å². The highest BCUT2D eigenvalue weighted by Gasteiger charge is 2.15. The molecule has 150 valence electrons. The van der Waals surface area contributed by atoms with Crippen molar-refractivity contribution in [3.05, 3.63) is 52.0 Å². The number of aromatic nitrogens is 1. The summed E-state index contributed by atoms with van der Waals surface area (Å²) in [6, 6.07) is 9.22. The topological polar surface area (TPSA) is 62.7 Å². The molecular weight excluding hydrogens is 374 g/mol. The maximum atomic E-state index is 12.4. The molecule has 28 heavy (non-hydrogen) atoms. The molecule has 7 heteroatoms. The van der Waals surface area contributed by atoms with Crippen molar-refractivity contribution in [2.75, 3.05) is 33.4 Å². The summed E-state index contributed by atoms with van der Waals surface area (Å²) in [5.74, 6) is 0.131. The van der Waals surface area contributed by atoms with E-state index in [9.17, 15) is 9.59 Å². The number of ether oxygens (including phenoxy) is 1. The van der Waals surface area contributed by atoms with Gasteiger partial charge in [0.15, 0.2) is 5.78 Å². The largest absolute Gasteiger partial charge is 0.379 e. The van der Waals surface area contributed by atoms with E-state index in [0.717, 1.165) is 43.5 Å². The van der Waals surface area contributed by atoms with Crippen molar-refractivity contribution in [3.63, 3.8) is 0 Å². The fraction of sp³-hybridized carbons (Fsp3) is 0.476. The highest BCUT2D eigenvalue weighted by atomic mass is 32.1. The molecule has 0 unspecified atom stereocenters. The van der Waals surface area contributed by atoms with Crippen molar-refractivity contribution in [2.24, 2.45) is 0 Å². The Labute approximate surface area is 170 Å². The third-order valence-electron chi connectivity index (χ3n) is 4.78. The normalized spacial score (nSPS) is 14.8. The molecule has 0 spiro atoms. The lowest BCUT2D eigenvalue weighted by Gasteiger charge is -2.25. The smallest absolute Gasteiger partial charge is 0.222 e. The van der Waals surface area contributed by atoms with Gasteiger partial charge in [0.1, 0.15) is 5.01 Å². The Hall–Kier alpha value is -2.09. The summed E-state index contributed by atoms with van der Waals surface area (Å²) in [5, 5.41) is 3.10. The molecule has 1 amide bonds. The van der Waals surface area contributed by atoms with E-state index in [1.807, 2.05) is 35.7 Å². The molecule has 0 saturated carbocycles. The van der Waals surface area contributed by atoms with E-state index in [1.165, 1.54) is 0 Å². The van der Waals surface area contributed by atoms with Gasteiger partial charge in [-0.2, -0.15) is 0 Å². The van der Waals surface area contributed by atoms with Crippen LogP contribution in [0.1, 0.15) is 40.3 Å². The Morgan fingerprint density at radius 2 is 1.93 bits per heavy atom. The number of nitrogens with zero attached hydrogens (tertiary/aromatic N) is 3. The molecule has 1 fully saturated rings. The van der Waals surface area contributed by atoms with Crippen LogP contribution < -0.4 is 0 Å². The maximum Gasteiger partial charge on any atom is 0.222 e. The van der Waals surface area contributed by atoms with Crippen LogP contribution in [0.5, 0.6) is 0 Å². The second-order valence-corrected chi connectivity index (χ2v) is 7.96. The molecule has 1 aromatic heterocycles. The third kappa shape index (κ3) is 6.22. The van der Waals surface area contributed by atoms with Crippen LogP contribution in [0.25, 0.3) is 0 Å². The van der Waals surface area contributed by atoms with Gasteiger partial charge in [0.25, 0.3) is 0 Å². The monoisotopic (exact) mass is 401 g/mol. The Balaban J connectivity index is 1.39. The van der Waals surface area contributed by atoms with Crippen LogP contribution in [0, 0.1) is 0 Å². The van der Waals surface area contributed by atoms with Gasteiger partial charge in [-0.1, -0.05) is 30.3 Å². The molecule has 1 aliphatic rings. The molecule has 0 N–H and O–H groups in total. The second kappa shape index (κ2) is 10.5. The van der Waals surface area contributed by atoms with Crippen LogP contribution in [0.3, 0.4) is 0 Å². The zero-order chi connectivity index (χ0) is 19.8. The number of carbonyl (C=O) groups excluding carboxylic acids is 2. The Morgan fingerprint density at radius 3 is 2.68 bits per heavy atom. The summed E-state index contributed by atoms with van der Waals surface area (Å²) in [4.78, 5) is 33.2. The first-order chi connectivity index (χ1) is 13.6. The van der Waals surface area contributed by atoms with E-state index in [4.69, 9.17) is 4.74 Å². The number of Topliss-reactive ketones (excluding diaryl/α,β-unsaturated/α-hetero) is 1. The van der Waals surface area contributed by atoms with Crippen LogP contribution >= 0.6 is 11.3 Å². The van der Waals surface area contributed by atoms with E-state index in [0.29, 0.717) is 31.4 Å². The first kappa shape index (κ1) is 20.6. The van der Waals surface area contributed by atoms with Gasteiger partial charge >= 0.3 is 0 Å². The first-order valence-corrected chi connectivity index (χ1v) is 10.6. The highest BCUT2D eigenvalue weighted by molar-refractivity contribution is 7.09. The first-order valence-electron chi connectivity index (χ1n) is 9.67. The fourth-order valence-electron chi connectivity index (χ4n) is 3.14. The molecule has 0 bridgehead atoms. The predicted molar refractivity (Wildman–Crippen MR) is 109 cm³/mol. The molecule has 2 heterocycles. The SMILES string of the molecule is CN(Cc1csc(CN2CCOCC2)n1)C(=O)CCCC(=O)c1ccccc1. The average molecular weight is 402 g/mol. The average Bonchev–Trinajstić information content (AvgIpc) is 3.15. The lowest BCUT2D eigenvalue weighted by atomic mass is 10.1. The lowest BCUT2D eigenvalue weighted by Crippen LogP contribution is -2.35. The molecule has 6 nitrogen and oxygen atoms in total. The standard InChI is InChI=1S/C21H27N3O3S/c1-23(21(26)9-5-8-19(25)17-6-3-2-4-7-17)14-18-16-28-20(22-18)15-24-10-12-27-13-11-24/h2-4,6-7,16H,5,8-15H2,1H3. The zero-order valence-corrected chi connectivity index (χ0v) is 17.1. The van der Waals surface area contributed by atoms with E-state index >= 15 is 0 Å². The molecule has 1 aliphatic heterocycles. The number of carbonyl (C=O) groups is 2. The number of rotatable bonds is 9. The van der Waals surface area contributed by atoms with Gasteiger partial charge in [0.2, 0.25) is 5.91 Å². The van der Waals surface area contributed by atoms with Crippen LogP contribution in [-0.4, -0.2) is 59.8 Å². The minimum absolute atomic E-state index is 0.0450. The van der Waals surface area contributed by atoms with Gasteiger partial charge in [-0.15, -0.1) is 11.3 Å². The number of amides is 1. The van der Waals surface area contributed by atoms with Gasteiger partial charge in [-0.25, -0.2) is 4.98 Å². The van der Waals surface area contributed by atoms with Crippen molar-refractivity contribution in [3.8, 4) is 0 Å². The number of ketones is 1. The van der Waals surface area contributed by atoms with Crippen LogP contribution in [0.2, 0.25) is 0 Å². The number of hydrogen-bond donors (Lipinski definition) is 0. The zero-order valence-electron chi connectivity index (χ0n) is 16.3. The van der Waals surface area contributed by atoms with Crippen LogP contribution in [0.15, 0.2) is 35.7 Å². The fourth-order valence-corrected chi connectivity index (χ4v) is 3.96. The second-order valence-electron chi connectivity index (χ2n) is 7.01. The van der Waals surface area contributed by atoms with Crippen molar-refractivity contribution in [1.29, 1.82) is 0 Å². The van der Waals surface area contributed by atoms with Crippen molar-refractivity contribution in [2.45, 2.75) is 32.4 Å². The summed E-state index contributed by atoms with van der Waals surface area (Å²) >= 11 is 1.64. The molecule has 0 radical (unpaired) electrons. The summed E-state index contributed by atoms with van der Waals surface area (Å²) in [6.45, 7) is 4.78. The van der Waals surface area contributed by atoms with E-state index < -0.39 is 0 Å². The molecular formula is C21H27N3O3S. The summed E-state index contributed by atoms with van der Waals surface area (Å²) in [6.07, 6.45) is 1.33. The summed E-state index contributed by atoms with van der Waals surface area (Å²) in [7, 11) is 1.79. The Kier molecular flexibility index (Phi) is 7.71. The Morgan fingerprint density at radius 1 is 1.18 bits per heavy atom. The minimum Gasteiger partial charge on any atom is -0.379 e. The van der Waals surface area contributed by atoms with Crippen molar-refractivity contribution >= 4 is 23.0 Å². The minimum atomic E-state index is 0.0450. The number of hydrogen-bond acceptors (Lipinski definition) is 6. The summed E-state index contributed by atoms with van der Waals surface area (Å²) < 4.78 is 5.37. The quantitative estimate of drug-likeness (QED) is 0.605. The molecule has 0 aliphatic carbocycles. The Bertz CT molecular complexity index is 772. The van der Waals surface area contributed by atoms with Gasteiger partial charge < -0.3 is 9.64 Å². The maximum absolute atomic E-state index is 12.4. The van der Waals surface area contributed by atoms with Gasteiger partial charge in [-0.05, 0) is 6.42 Å². The molecule has 2 aromatic rings. The van der Waals surface area contributed by atoms with Gasteiger partial charge in [0.05, 0.1) is 32.0 Å². The third-order valence-corrected chi connectivity index (χ3v) is 5.66.